The van der Waals surface area contributed by atoms with E-state index in [9.17, 15) is 0 Å². The second kappa shape index (κ2) is 5.68. The lowest BCUT2D eigenvalue weighted by Gasteiger charge is -2.31. The van der Waals surface area contributed by atoms with Gasteiger partial charge in [-0.2, -0.15) is 0 Å². The number of anilines is 1. The fraction of sp³-hybridized carbons (Fsp3) is 0.667. The van der Waals surface area contributed by atoms with Crippen LogP contribution in [0.2, 0.25) is 5.02 Å². The first-order chi connectivity index (χ1) is 9.31. The molecule has 3 nitrogen and oxygen atoms in total. The fourth-order valence-corrected chi connectivity index (χ4v) is 4.01. The van der Waals surface area contributed by atoms with Crippen molar-refractivity contribution in [1.29, 1.82) is 0 Å². The molecular formula is C15H22ClN3. The summed E-state index contributed by atoms with van der Waals surface area (Å²) in [7, 11) is 0. The predicted octanol–water partition coefficient (Wildman–Crippen LogP) is 3.35. The molecule has 1 saturated heterocycles. The number of hydrogen-bond donors (Lipinski definition) is 1. The van der Waals surface area contributed by atoms with E-state index in [0.29, 0.717) is 12.6 Å². The number of hydrogen-bond acceptors (Lipinski definition) is 3. The monoisotopic (exact) mass is 279 g/mol. The van der Waals surface area contributed by atoms with Gasteiger partial charge in [0.1, 0.15) is 5.82 Å². The molecule has 4 heteroatoms. The normalized spacial score (nSPS) is 24.3. The molecule has 2 N–H and O–H groups in total. The van der Waals surface area contributed by atoms with E-state index in [2.05, 4.69) is 9.88 Å². The lowest BCUT2D eigenvalue weighted by molar-refractivity contribution is 0.429. The summed E-state index contributed by atoms with van der Waals surface area (Å²) in [5, 5.41) is 0.759. The van der Waals surface area contributed by atoms with Crippen LogP contribution in [-0.4, -0.2) is 17.6 Å². The maximum Gasteiger partial charge on any atom is 0.147 e. The van der Waals surface area contributed by atoms with Crippen molar-refractivity contribution in [3.05, 3.63) is 22.8 Å². The second-order valence-electron chi connectivity index (χ2n) is 5.76. The summed E-state index contributed by atoms with van der Waals surface area (Å²) in [6, 6.07) is 2.56. The van der Waals surface area contributed by atoms with Crippen molar-refractivity contribution in [2.45, 2.75) is 51.1 Å². The summed E-state index contributed by atoms with van der Waals surface area (Å²) in [6.07, 6.45) is 9.90. The van der Waals surface area contributed by atoms with Crippen LogP contribution in [0, 0.1) is 5.92 Å². The molecule has 1 aliphatic heterocycles. The van der Waals surface area contributed by atoms with Crippen molar-refractivity contribution in [3.8, 4) is 0 Å². The Morgan fingerprint density at radius 2 is 2.05 bits per heavy atom. The Balaban J connectivity index is 1.87. The van der Waals surface area contributed by atoms with Gasteiger partial charge in [0.05, 0.1) is 5.02 Å². The third-order valence-corrected chi connectivity index (χ3v) is 5.10. The van der Waals surface area contributed by atoms with Gasteiger partial charge in [0.25, 0.3) is 0 Å². The topological polar surface area (TPSA) is 42.1 Å². The molecule has 0 bridgehead atoms. The summed E-state index contributed by atoms with van der Waals surface area (Å²) in [4.78, 5) is 6.97. The lowest BCUT2D eigenvalue weighted by atomic mass is 9.96. The van der Waals surface area contributed by atoms with E-state index in [4.69, 9.17) is 17.3 Å². The van der Waals surface area contributed by atoms with Crippen LogP contribution in [0.25, 0.3) is 0 Å². The molecule has 2 heterocycles. The molecule has 1 aliphatic carbocycles. The van der Waals surface area contributed by atoms with Crippen LogP contribution in [0.4, 0.5) is 5.82 Å². The highest BCUT2D eigenvalue weighted by Crippen LogP contribution is 2.39. The maximum absolute atomic E-state index is 6.48. The number of nitrogens with two attached hydrogens (primary N) is 1. The van der Waals surface area contributed by atoms with Crippen LogP contribution in [0.5, 0.6) is 0 Å². The number of pyridine rings is 1. The van der Waals surface area contributed by atoms with Crippen molar-refractivity contribution < 1.29 is 0 Å². The van der Waals surface area contributed by atoms with E-state index in [1.807, 2.05) is 12.3 Å². The minimum atomic E-state index is 0.482. The van der Waals surface area contributed by atoms with Crippen LogP contribution in [-0.2, 0) is 6.54 Å². The molecule has 2 aliphatic rings. The molecule has 0 amide bonds. The first-order valence-electron chi connectivity index (χ1n) is 7.41. The second-order valence-corrected chi connectivity index (χ2v) is 6.14. The molecule has 1 aromatic rings. The summed E-state index contributed by atoms with van der Waals surface area (Å²) >= 11 is 6.48. The van der Waals surface area contributed by atoms with Gasteiger partial charge in [0, 0.05) is 25.3 Å². The Bertz CT molecular complexity index is 443. The quantitative estimate of drug-likeness (QED) is 0.923. The van der Waals surface area contributed by atoms with Gasteiger partial charge in [-0.15, -0.1) is 0 Å². The van der Waals surface area contributed by atoms with E-state index in [-0.39, 0.29) is 0 Å². The number of aromatic nitrogens is 1. The minimum Gasteiger partial charge on any atom is -0.352 e. The van der Waals surface area contributed by atoms with E-state index >= 15 is 0 Å². The standard InChI is InChI=1S/C15H22ClN3/c16-14-12(10-17)7-8-18-15(14)19-9-3-6-13(19)11-4-1-2-5-11/h7-8,11,13H,1-6,9-10,17H2. The van der Waals surface area contributed by atoms with Crippen LogP contribution in [0.3, 0.4) is 0 Å². The molecule has 0 aromatic carbocycles. The number of rotatable bonds is 3. The van der Waals surface area contributed by atoms with Crippen LogP contribution in [0.15, 0.2) is 12.3 Å². The molecule has 1 saturated carbocycles. The molecule has 0 radical (unpaired) electrons. The van der Waals surface area contributed by atoms with Crippen LogP contribution >= 0.6 is 11.6 Å². The molecule has 19 heavy (non-hydrogen) atoms. The Kier molecular flexibility index (Phi) is 3.94. The zero-order valence-corrected chi connectivity index (χ0v) is 12.1. The third-order valence-electron chi connectivity index (χ3n) is 4.69. The van der Waals surface area contributed by atoms with E-state index in [0.717, 1.165) is 28.9 Å². The Morgan fingerprint density at radius 1 is 1.26 bits per heavy atom. The van der Waals surface area contributed by atoms with Crippen LogP contribution in [0.1, 0.15) is 44.1 Å². The Labute approximate surface area is 120 Å². The average Bonchev–Trinajstić information content (AvgIpc) is 3.09. The summed E-state index contributed by atoms with van der Waals surface area (Å²) in [5.74, 6) is 1.79. The van der Waals surface area contributed by atoms with E-state index < -0.39 is 0 Å². The lowest BCUT2D eigenvalue weighted by Crippen LogP contribution is -2.35. The summed E-state index contributed by atoms with van der Waals surface area (Å²) < 4.78 is 0. The van der Waals surface area contributed by atoms with Crippen molar-refractivity contribution in [1.82, 2.24) is 4.98 Å². The zero-order valence-electron chi connectivity index (χ0n) is 11.3. The van der Waals surface area contributed by atoms with Gasteiger partial charge in [0.15, 0.2) is 0 Å². The zero-order chi connectivity index (χ0) is 13.2. The third kappa shape index (κ3) is 2.46. The highest BCUT2D eigenvalue weighted by atomic mass is 35.5. The van der Waals surface area contributed by atoms with Crippen LogP contribution < -0.4 is 10.6 Å². The van der Waals surface area contributed by atoms with Crippen molar-refractivity contribution in [2.75, 3.05) is 11.4 Å². The van der Waals surface area contributed by atoms with Gasteiger partial charge in [-0.3, -0.25) is 0 Å². The van der Waals surface area contributed by atoms with Crippen molar-refractivity contribution in [3.63, 3.8) is 0 Å². The van der Waals surface area contributed by atoms with Gasteiger partial charge in [-0.25, -0.2) is 4.98 Å². The SMILES string of the molecule is NCc1ccnc(N2CCCC2C2CCCC2)c1Cl. The van der Waals surface area contributed by atoms with E-state index in [1.54, 1.807) is 0 Å². The number of halogens is 1. The molecule has 104 valence electrons. The van der Waals surface area contributed by atoms with Crippen molar-refractivity contribution >= 4 is 17.4 Å². The Morgan fingerprint density at radius 3 is 2.79 bits per heavy atom. The highest BCUT2D eigenvalue weighted by molar-refractivity contribution is 6.33. The largest absolute Gasteiger partial charge is 0.352 e. The summed E-state index contributed by atoms with van der Waals surface area (Å²) in [5.41, 5.74) is 6.75. The molecule has 2 fully saturated rings. The van der Waals surface area contributed by atoms with Gasteiger partial charge in [-0.05, 0) is 43.2 Å². The summed E-state index contributed by atoms with van der Waals surface area (Å²) in [6.45, 7) is 1.57. The van der Waals surface area contributed by atoms with E-state index in [1.165, 1.54) is 38.5 Å². The molecular weight excluding hydrogens is 258 g/mol. The van der Waals surface area contributed by atoms with Crippen molar-refractivity contribution in [2.24, 2.45) is 11.7 Å². The Hall–Kier alpha value is -0.800. The average molecular weight is 280 g/mol. The highest BCUT2D eigenvalue weighted by Gasteiger charge is 2.34. The van der Waals surface area contributed by atoms with Gasteiger partial charge < -0.3 is 10.6 Å². The molecule has 1 atom stereocenters. The first-order valence-corrected chi connectivity index (χ1v) is 7.79. The molecule has 1 unspecified atom stereocenters. The minimum absolute atomic E-state index is 0.482. The van der Waals surface area contributed by atoms with Gasteiger partial charge >= 0.3 is 0 Å². The molecule has 0 spiro atoms. The van der Waals surface area contributed by atoms with Gasteiger partial charge in [-0.1, -0.05) is 24.4 Å². The predicted molar refractivity (Wildman–Crippen MR) is 79.5 cm³/mol. The smallest absolute Gasteiger partial charge is 0.147 e. The molecule has 1 aromatic heterocycles. The maximum atomic E-state index is 6.48. The number of nitrogens with zero attached hydrogens (tertiary/aromatic N) is 2. The first kappa shape index (κ1) is 13.2. The van der Waals surface area contributed by atoms with Gasteiger partial charge in [0.2, 0.25) is 0 Å². The fourth-order valence-electron chi connectivity index (χ4n) is 3.72. The molecule has 3 rings (SSSR count).